The summed E-state index contributed by atoms with van der Waals surface area (Å²) in [5, 5.41) is 2.23. The molecule has 0 fully saturated rings. The third-order valence-electron chi connectivity index (χ3n) is 4.90. The van der Waals surface area contributed by atoms with E-state index in [-0.39, 0.29) is 18.0 Å². The van der Waals surface area contributed by atoms with E-state index in [1.165, 1.54) is 24.4 Å². The molecule has 0 aliphatic heterocycles. The van der Waals surface area contributed by atoms with Gasteiger partial charge in [0, 0.05) is 16.8 Å². The van der Waals surface area contributed by atoms with Crippen molar-refractivity contribution in [3.05, 3.63) is 104 Å². The van der Waals surface area contributed by atoms with Crippen LogP contribution in [0.15, 0.2) is 54.7 Å². The lowest BCUT2D eigenvalue weighted by Crippen LogP contribution is -2.24. The molecule has 1 N–H and O–H groups in total. The van der Waals surface area contributed by atoms with E-state index in [1.807, 2.05) is 0 Å². The number of amides is 1. The van der Waals surface area contributed by atoms with E-state index in [2.05, 4.69) is 10.3 Å². The van der Waals surface area contributed by atoms with E-state index in [9.17, 15) is 22.4 Å². The molecular formula is C24H17Cl3F4N2O. The molecule has 0 radical (unpaired) electrons. The van der Waals surface area contributed by atoms with Crippen LogP contribution < -0.4 is 5.32 Å². The fourth-order valence-corrected chi connectivity index (χ4v) is 3.91. The molecule has 1 atom stereocenters. The van der Waals surface area contributed by atoms with Gasteiger partial charge in [-0.15, -0.1) is 0 Å². The third-order valence-corrected chi connectivity index (χ3v) is 5.69. The lowest BCUT2D eigenvalue weighted by molar-refractivity contribution is -0.139. The van der Waals surface area contributed by atoms with Gasteiger partial charge in [0.15, 0.2) is 5.82 Å². The number of allylic oxidation sites excluding steroid dienone is 1. The summed E-state index contributed by atoms with van der Waals surface area (Å²) in [5.74, 6) is -3.40. The Morgan fingerprint density at radius 3 is 2.35 bits per heavy atom. The van der Waals surface area contributed by atoms with Crippen LogP contribution in [0, 0.1) is 12.7 Å². The second kappa shape index (κ2) is 10.8. The number of aromatic nitrogens is 1. The van der Waals surface area contributed by atoms with Crippen molar-refractivity contribution >= 4 is 46.8 Å². The summed E-state index contributed by atoms with van der Waals surface area (Å²) < 4.78 is 54.7. The molecule has 178 valence electrons. The van der Waals surface area contributed by atoms with Crippen molar-refractivity contribution in [2.24, 2.45) is 0 Å². The van der Waals surface area contributed by atoms with Crippen molar-refractivity contribution in [2.45, 2.75) is 25.6 Å². The highest BCUT2D eigenvalue weighted by molar-refractivity contribution is 6.35. The van der Waals surface area contributed by atoms with Gasteiger partial charge in [-0.1, -0.05) is 59.1 Å². The van der Waals surface area contributed by atoms with Gasteiger partial charge in [-0.05, 0) is 53.9 Å². The minimum Gasteiger partial charge on any atom is -0.346 e. The summed E-state index contributed by atoms with van der Waals surface area (Å²) in [6.45, 7) is 1.83. The fourth-order valence-electron chi connectivity index (χ4n) is 3.23. The van der Waals surface area contributed by atoms with Crippen LogP contribution >= 0.6 is 34.8 Å². The number of nitrogens with zero attached hydrogens (tertiary/aromatic N) is 1. The van der Waals surface area contributed by atoms with Crippen molar-refractivity contribution in [1.82, 2.24) is 10.3 Å². The van der Waals surface area contributed by atoms with E-state index < -0.39 is 28.0 Å². The van der Waals surface area contributed by atoms with Crippen LogP contribution in [0.25, 0.3) is 6.08 Å². The fraction of sp³-hybridized carbons (Fsp3) is 0.167. The van der Waals surface area contributed by atoms with E-state index >= 15 is 0 Å². The van der Waals surface area contributed by atoms with Gasteiger partial charge >= 0.3 is 6.18 Å². The molecule has 0 saturated heterocycles. The quantitative estimate of drug-likeness (QED) is 0.261. The average Bonchev–Trinajstić information content (AvgIpc) is 2.75. The number of hydrogen-bond donors (Lipinski definition) is 1. The zero-order valence-corrected chi connectivity index (χ0v) is 19.8. The van der Waals surface area contributed by atoms with Crippen molar-refractivity contribution < 1.29 is 22.4 Å². The van der Waals surface area contributed by atoms with Crippen LogP contribution in [0.4, 0.5) is 17.6 Å². The number of rotatable bonds is 6. The Bertz CT molecular complexity index is 1220. The van der Waals surface area contributed by atoms with Crippen LogP contribution in [-0.2, 0) is 6.54 Å². The molecule has 34 heavy (non-hydrogen) atoms. The molecule has 0 bridgehead atoms. The third kappa shape index (κ3) is 6.50. The summed E-state index contributed by atoms with van der Waals surface area (Å²) in [7, 11) is 0. The first kappa shape index (κ1) is 26.0. The minimum absolute atomic E-state index is 0.163. The number of hydrogen-bond acceptors (Lipinski definition) is 2. The maximum Gasteiger partial charge on any atom is 0.399 e. The molecule has 1 heterocycles. The van der Waals surface area contributed by atoms with Gasteiger partial charge in [-0.3, -0.25) is 9.78 Å². The Hall–Kier alpha value is -2.61. The molecule has 3 nitrogen and oxygen atoms in total. The maximum atomic E-state index is 13.7. The Morgan fingerprint density at radius 2 is 1.76 bits per heavy atom. The lowest BCUT2D eigenvalue weighted by atomic mass is 9.96. The number of aryl methyl sites for hydroxylation is 1. The maximum absolute atomic E-state index is 13.7. The zero-order valence-electron chi connectivity index (χ0n) is 17.6. The molecule has 1 unspecified atom stereocenters. The van der Waals surface area contributed by atoms with Crippen LogP contribution in [0.1, 0.15) is 38.7 Å². The Morgan fingerprint density at radius 1 is 1.09 bits per heavy atom. The number of pyridine rings is 1. The number of alkyl halides is 3. The van der Waals surface area contributed by atoms with E-state index in [1.54, 1.807) is 25.1 Å². The SMILES string of the molecule is Cc1cc(/C=C/C(c2cc(Cl)c(F)c(Cl)c2)C(F)(F)F)ccc1C(=O)NCc1cc(Cl)ccn1. The van der Waals surface area contributed by atoms with Gasteiger partial charge < -0.3 is 5.32 Å². The molecule has 10 heteroatoms. The normalized spacial score (nSPS) is 12.7. The monoisotopic (exact) mass is 530 g/mol. The predicted octanol–water partition coefficient (Wildman–Crippen LogP) is 7.78. The van der Waals surface area contributed by atoms with Crippen LogP contribution in [-0.4, -0.2) is 17.1 Å². The summed E-state index contributed by atoms with van der Waals surface area (Å²) in [4.78, 5) is 16.6. The first-order valence-corrected chi connectivity index (χ1v) is 11.0. The van der Waals surface area contributed by atoms with Gasteiger partial charge in [0.2, 0.25) is 0 Å². The Labute approximate surface area is 208 Å². The van der Waals surface area contributed by atoms with Crippen LogP contribution in [0.5, 0.6) is 0 Å². The summed E-state index contributed by atoms with van der Waals surface area (Å²) in [6.07, 6.45) is -0.935. The standard InChI is InChI=1S/C24H17Cl3F4N2O/c1-13-8-14(2-4-18(13)23(34)33-12-17-11-16(25)6-7-32-17)3-5-19(24(29,30)31)15-9-20(26)22(28)21(27)10-15/h2-11,19H,12H2,1H3,(H,33,34)/b5-3+. The second-order valence-corrected chi connectivity index (χ2v) is 8.65. The highest BCUT2D eigenvalue weighted by Crippen LogP contribution is 2.39. The summed E-state index contributed by atoms with van der Waals surface area (Å²) in [5.41, 5.74) is 1.66. The molecule has 0 spiro atoms. The number of carbonyl (C=O) groups excluding carboxylic acids is 1. The zero-order chi connectivity index (χ0) is 25.0. The van der Waals surface area contributed by atoms with Crippen molar-refractivity contribution in [2.75, 3.05) is 0 Å². The van der Waals surface area contributed by atoms with Gasteiger partial charge in [0.1, 0.15) is 0 Å². The lowest BCUT2D eigenvalue weighted by Gasteiger charge is -2.18. The summed E-state index contributed by atoms with van der Waals surface area (Å²) >= 11 is 17.2. The van der Waals surface area contributed by atoms with Crippen molar-refractivity contribution in [3.63, 3.8) is 0 Å². The highest BCUT2D eigenvalue weighted by atomic mass is 35.5. The predicted molar refractivity (Wildman–Crippen MR) is 126 cm³/mol. The Balaban J connectivity index is 1.78. The molecule has 0 saturated carbocycles. The summed E-state index contributed by atoms with van der Waals surface area (Å²) in [6, 6.07) is 9.67. The topological polar surface area (TPSA) is 42.0 Å². The smallest absolute Gasteiger partial charge is 0.346 e. The van der Waals surface area contributed by atoms with E-state index in [4.69, 9.17) is 34.8 Å². The average molecular weight is 532 g/mol. The first-order valence-electron chi connectivity index (χ1n) is 9.84. The molecule has 3 aromatic rings. The second-order valence-electron chi connectivity index (χ2n) is 7.40. The largest absolute Gasteiger partial charge is 0.399 e. The number of halogens is 7. The molecule has 2 aromatic carbocycles. The number of nitrogens with one attached hydrogen (secondary N) is 1. The molecule has 0 aliphatic rings. The molecular weight excluding hydrogens is 515 g/mol. The van der Waals surface area contributed by atoms with E-state index in [0.717, 1.165) is 18.2 Å². The number of carbonyl (C=O) groups is 1. The van der Waals surface area contributed by atoms with Gasteiger partial charge in [-0.2, -0.15) is 13.2 Å². The minimum atomic E-state index is -4.66. The molecule has 0 aliphatic carbocycles. The Kier molecular flexibility index (Phi) is 8.23. The van der Waals surface area contributed by atoms with E-state index in [0.29, 0.717) is 27.4 Å². The molecule has 3 rings (SSSR count). The van der Waals surface area contributed by atoms with Crippen LogP contribution in [0.3, 0.4) is 0 Å². The first-order chi connectivity index (χ1) is 16.0. The van der Waals surface area contributed by atoms with Crippen molar-refractivity contribution in [1.29, 1.82) is 0 Å². The van der Waals surface area contributed by atoms with Gasteiger partial charge in [0.25, 0.3) is 5.91 Å². The van der Waals surface area contributed by atoms with Gasteiger partial charge in [-0.25, -0.2) is 4.39 Å². The van der Waals surface area contributed by atoms with Gasteiger partial charge in [0.05, 0.1) is 28.2 Å². The highest BCUT2D eigenvalue weighted by Gasteiger charge is 2.39. The number of benzene rings is 2. The van der Waals surface area contributed by atoms with Crippen LogP contribution in [0.2, 0.25) is 15.1 Å². The van der Waals surface area contributed by atoms with Crippen molar-refractivity contribution in [3.8, 4) is 0 Å². The molecule has 1 aromatic heterocycles. The molecule has 1 amide bonds.